The van der Waals surface area contributed by atoms with Gasteiger partial charge in [0, 0.05) is 24.5 Å². The van der Waals surface area contributed by atoms with E-state index in [9.17, 15) is 0 Å². The Hall–Kier alpha value is -1.09. The zero-order valence-corrected chi connectivity index (χ0v) is 13.8. The first kappa shape index (κ1) is 16.3. The molecule has 0 bridgehead atoms. The van der Waals surface area contributed by atoms with Crippen LogP contribution in [0.15, 0.2) is 18.5 Å². The van der Waals surface area contributed by atoms with Gasteiger partial charge in [0.15, 0.2) is 0 Å². The van der Waals surface area contributed by atoms with E-state index in [2.05, 4.69) is 31.1 Å². The zero-order valence-electron chi connectivity index (χ0n) is 13.8. The maximum atomic E-state index is 6.37. The Labute approximate surface area is 129 Å². The average Bonchev–Trinajstić information content (AvgIpc) is 2.49. The second kappa shape index (κ2) is 8.38. The van der Waals surface area contributed by atoms with Crippen LogP contribution >= 0.6 is 0 Å². The Morgan fingerprint density at radius 2 is 2.14 bits per heavy atom. The molecule has 0 amide bonds. The van der Waals surface area contributed by atoms with E-state index >= 15 is 0 Å². The zero-order chi connectivity index (χ0) is 15.1. The molecule has 1 aromatic rings. The van der Waals surface area contributed by atoms with Crippen molar-refractivity contribution in [2.24, 2.45) is 11.8 Å². The Bertz CT molecular complexity index is 419. The molecule has 1 aliphatic rings. The lowest BCUT2D eigenvalue weighted by Gasteiger charge is -2.31. The average molecular weight is 290 g/mol. The predicted octanol–water partition coefficient (Wildman–Crippen LogP) is 4.17. The second-order valence-electron chi connectivity index (χ2n) is 6.62. The highest BCUT2D eigenvalue weighted by Gasteiger charge is 2.25. The number of pyridine rings is 1. The van der Waals surface area contributed by atoms with Gasteiger partial charge < -0.3 is 10.1 Å². The summed E-state index contributed by atoms with van der Waals surface area (Å²) in [6.45, 7) is 8.59. The SMILES string of the molecule is CCC1CCCCC1Oc1ccncc1CNCC(C)C. The highest BCUT2D eigenvalue weighted by molar-refractivity contribution is 5.30. The molecule has 3 nitrogen and oxygen atoms in total. The lowest BCUT2D eigenvalue weighted by atomic mass is 9.85. The number of nitrogens with one attached hydrogen (secondary N) is 1. The topological polar surface area (TPSA) is 34.1 Å². The van der Waals surface area contributed by atoms with E-state index < -0.39 is 0 Å². The minimum atomic E-state index is 0.384. The number of nitrogens with zero attached hydrogens (tertiary/aromatic N) is 1. The van der Waals surface area contributed by atoms with Crippen LogP contribution in [0.5, 0.6) is 5.75 Å². The minimum Gasteiger partial charge on any atom is -0.490 e. The summed E-state index contributed by atoms with van der Waals surface area (Å²) in [5.74, 6) is 2.39. The lowest BCUT2D eigenvalue weighted by molar-refractivity contribution is 0.0891. The van der Waals surface area contributed by atoms with E-state index in [-0.39, 0.29) is 0 Å². The van der Waals surface area contributed by atoms with Crippen LogP contribution in [0.1, 0.15) is 58.4 Å². The second-order valence-corrected chi connectivity index (χ2v) is 6.62. The van der Waals surface area contributed by atoms with Gasteiger partial charge in [-0.1, -0.05) is 27.2 Å². The fourth-order valence-electron chi connectivity index (χ4n) is 3.12. The van der Waals surface area contributed by atoms with Gasteiger partial charge in [0.2, 0.25) is 0 Å². The lowest BCUT2D eigenvalue weighted by Crippen LogP contribution is -2.30. The van der Waals surface area contributed by atoms with Crippen LogP contribution in [0.2, 0.25) is 0 Å². The summed E-state index contributed by atoms with van der Waals surface area (Å²) in [6.07, 6.45) is 10.5. The van der Waals surface area contributed by atoms with Crippen molar-refractivity contribution >= 4 is 0 Å². The van der Waals surface area contributed by atoms with Gasteiger partial charge in [-0.3, -0.25) is 4.98 Å². The molecule has 2 unspecified atom stereocenters. The first-order valence-corrected chi connectivity index (χ1v) is 8.51. The van der Waals surface area contributed by atoms with Gasteiger partial charge in [-0.25, -0.2) is 0 Å². The van der Waals surface area contributed by atoms with Crippen LogP contribution in [0.3, 0.4) is 0 Å². The van der Waals surface area contributed by atoms with Gasteiger partial charge in [0.25, 0.3) is 0 Å². The van der Waals surface area contributed by atoms with Crippen molar-refractivity contribution in [2.45, 2.75) is 65.5 Å². The fraction of sp³-hybridized carbons (Fsp3) is 0.722. The van der Waals surface area contributed by atoms with Gasteiger partial charge in [0.05, 0.1) is 0 Å². The maximum Gasteiger partial charge on any atom is 0.127 e. The summed E-state index contributed by atoms with van der Waals surface area (Å²) in [5, 5.41) is 3.48. The molecular weight excluding hydrogens is 260 g/mol. The van der Waals surface area contributed by atoms with Crippen molar-refractivity contribution in [2.75, 3.05) is 6.54 Å². The number of rotatable bonds is 7. The van der Waals surface area contributed by atoms with E-state index in [1.165, 1.54) is 37.7 Å². The molecule has 1 aliphatic carbocycles. The van der Waals surface area contributed by atoms with Gasteiger partial charge in [-0.05, 0) is 50.1 Å². The van der Waals surface area contributed by atoms with Crippen LogP contribution in [-0.4, -0.2) is 17.6 Å². The quantitative estimate of drug-likeness (QED) is 0.818. The molecule has 1 fully saturated rings. The summed E-state index contributed by atoms with van der Waals surface area (Å²) in [5.41, 5.74) is 1.18. The fourth-order valence-corrected chi connectivity index (χ4v) is 3.12. The molecule has 3 heteroatoms. The highest BCUT2D eigenvalue weighted by atomic mass is 16.5. The van der Waals surface area contributed by atoms with E-state index in [0.29, 0.717) is 17.9 Å². The number of aromatic nitrogens is 1. The molecule has 1 heterocycles. The van der Waals surface area contributed by atoms with Crippen molar-refractivity contribution < 1.29 is 4.74 Å². The number of ether oxygens (including phenoxy) is 1. The van der Waals surface area contributed by atoms with Crippen LogP contribution in [0.25, 0.3) is 0 Å². The van der Waals surface area contributed by atoms with Crippen molar-refractivity contribution in [3.05, 3.63) is 24.0 Å². The summed E-state index contributed by atoms with van der Waals surface area (Å²) >= 11 is 0. The molecule has 2 rings (SSSR count). The Balaban J connectivity index is 1.98. The van der Waals surface area contributed by atoms with Gasteiger partial charge in [-0.2, -0.15) is 0 Å². The van der Waals surface area contributed by atoms with E-state index in [1.807, 2.05) is 18.5 Å². The van der Waals surface area contributed by atoms with Gasteiger partial charge in [0.1, 0.15) is 11.9 Å². The predicted molar refractivity (Wildman–Crippen MR) is 87.4 cm³/mol. The summed E-state index contributed by atoms with van der Waals surface area (Å²) in [4.78, 5) is 4.26. The van der Waals surface area contributed by atoms with Crippen LogP contribution < -0.4 is 10.1 Å². The van der Waals surface area contributed by atoms with Crippen LogP contribution in [0.4, 0.5) is 0 Å². The monoisotopic (exact) mass is 290 g/mol. The smallest absolute Gasteiger partial charge is 0.127 e. The van der Waals surface area contributed by atoms with Crippen molar-refractivity contribution in [1.29, 1.82) is 0 Å². The van der Waals surface area contributed by atoms with E-state index in [1.54, 1.807) is 0 Å². The summed E-state index contributed by atoms with van der Waals surface area (Å²) in [7, 11) is 0. The maximum absolute atomic E-state index is 6.37. The van der Waals surface area contributed by atoms with Gasteiger partial charge >= 0.3 is 0 Å². The molecule has 2 atom stereocenters. The van der Waals surface area contributed by atoms with E-state index in [4.69, 9.17) is 4.74 Å². The molecule has 118 valence electrons. The molecule has 1 aromatic heterocycles. The van der Waals surface area contributed by atoms with Crippen molar-refractivity contribution in [1.82, 2.24) is 10.3 Å². The first-order chi connectivity index (χ1) is 10.2. The molecule has 1 saturated carbocycles. The van der Waals surface area contributed by atoms with Crippen molar-refractivity contribution in [3.63, 3.8) is 0 Å². The molecule has 0 aromatic carbocycles. The molecule has 0 spiro atoms. The third-order valence-electron chi connectivity index (χ3n) is 4.37. The van der Waals surface area contributed by atoms with Gasteiger partial charge in [-0.15, -0.1) is 0 Å². The third-order valence-corrected chi connectivity index (χ3v) is 4.37. The first-order valence-electron chi connectivity index (χ1n) is 8.51. The Kier molecular flexibility index (Phi) is 6.50. The molecule has 1 N–H and O–H groups in total. The standard InChI is InChI=1S/C18H30N2O/c1-4-15-7-5-6-8-17(15)21-18-9-10-19-12-16(18)13-20-11-14(2)3/h9-10,12,14-15,17,20H,4-8,11,13H2,1-3H3. The Morgan fingerprint density at radius 1 is 1.33 bits per heavy atom. The van der Waals surface area contributed by atoms with Crippen molar-refractivity contribution in [3.8, 4) is 5.75 Å². The Morgan fingerprint density at radius 3 is 2.90 bits per heavy atom. The third kappa shape index (κ3) is 4.99. The van der Waals surface area contributed by atoms with Crippen LogP contribution in [-0.2, 0) is 6.54 Å². The molecule has 21 heavy (non-hydrogen) atoms. The van der Waals surface area contributed by atoms with E-state index in [0.717, 1.165) is 18.8 Å². The molecule has 0 aliphatic heterocycles. The normalized spacial score (nSPS) is 22.5. The molecule has 0 saturated heterocycles. The largest absolute Gasteiger partial charge is 0.490 e. The highest BCUT2D eigenvalue weighted by Crippen LogP contribution is 2.31. The van der Waals surface area contributed by atoms with Crippen LogP contribution in [0, 0.1) is 11.8 Å². The molecule has 0 radical (unpaired) electrons. The minimum absolute atomic E-state index is 0.384. The summed E-state index contributed by atoms with van der Waals surface area (Å²) < 4.78 is 6.37. The molecular formula is C18H30N2O. The number of hydrogen-bond donors (Lipinski definition) is 1. The number of hydrogen-bond acceptors (Lipinski definition) is 3. The summed E-state index contributed by atoms with van der Waals surface area (Å²) in [6, 6.07) is 2.02.